The van der Waals surface area contributed by atoms with Gasteiger partial charge in [-0.05, 0) is 43.7 Å². The van der Waals surface area contributed by atoms with E-state index in [0.717, 1.165) is 10.5 Å². The first kappa shape index (κ1) is 20.7. The summed E-state index contributed by atoms with van der Waals surface area (Å²) in [4.78, 5) is 26.8. The van der Waals surface area contributed by atoms with E-state index in [2.05, 4.69) is 10.6 Å². The van der Waals surface area contributed by atoms with Crippen LogP contribution in [0.5, 0.6) is 0 Å². The van der Waals surface area contributed by atoms with E-state index in [1.165, 1.54) is 11.8 Å². The van der Waals surface area contributed by atoms with Crippen molar-refractivity contribution in [1.82, 2.24) is 5.32 Å². The van der Waals surface area contributed by atoms with E-state index >= 15 is 0 Å². The van der Waals surface area contributed by atoms with Crippen molar-refractivity contribution in [2.45, 2.75) is 30.0 Å². The van der Waals surface area contributed by atoms with Gasteiger partial charge in [-0.3, -0.25) is 9.59 Å². The molecule has 1 atom stereocenters. The van der Waals surface area contributed by atoms with Gasteiger partial charge in [-0.2, -0.15) is 0 Å². The largest absolute Gasteiger partial charge is 0.350 e. The van der Waals surface area contributed by atoms with Crippen molar-refractivity contribution in [2.24, 2.45) is 0 Å². The SMILES string of the molecule is CC(C)NC(=O)c1ccccc1NC(=O)[C@@H](Sc1ccccc1)c1ccccc1. The highest BCUT2D eigenvalue weighted by Crippen LogP contribution is 2.36. The molecule has 5 heteroatoms. The van der Waals surface area contributed by atoms with Crippen molar-refractivity contribution in [3.8, 4) is 0 Å². The average Bonchev–Trinajstić information content (AvgIpc) is 2.73. The minimum absolute atomic E-state index is 0.0111. The van der Waals surface area contributed by atoms with Gasteiger partial charge in [0.15, 0.2) is 0 Å². The molecule has 0 aromatic heterocycles. The summed E-state index contributed by atoms with van der Waals surface area (Å²) in [6.07, 6.45) is 0. The Kier molecular flexibility index (Phi) is 7.09. The smallest absolute Gasteiger partial charge is 0.253 e. The summed E-state index contributed by atoms with van der Waals surface area (Å²) in [6.45, 7) is 3.81. The lowest BCUT2D eigenvalue weighted by Gasteiger charge is -2.19. The number of para-hydroxylation sites is 1. The first-order valence-corrected chi connectivity index (χ1v) is 10.4. The van der Waals surface area contributed by atoms with Crippen molar-refractivity contribution < 1.29 is 9.59 Å². The first-order chi connectivity index (χ1) is 14.0. The molecule has 0 aliphatic rings. The maximum absolute atomic E-state index is 13.3. The Hall–Kier alpha value is -3.05. The summed E-state index contributed by atoms with van der Waals surface area (Å²) < 4.78 is 0. The van der Waals surface area contributed by atoms with Gasteiger partial charge in [0.25, 0.3) is 5.91 Å². The highest BCUT2D eigenvalue weighted by Gasteiger charge is 2.23. The summed E-state index contributed by atoms with van der Waals surface area (Å²) in [5.74, 6) is -0.377. The number of carbonyl (C=O) groups excluding carboxylic acids is 2. The molecule has 0 bridgehead atoms. The van der Waals surface area contributed by atoms with E-state index in [0.29, 0.717) is 11.3 Å². The number of hydrogen-bond acceptors (Lipinski definition) is 3. The van der Waals surface area contributed by atoms with Crippen LogP contribution in [0.1, 0.15) is 35.0 Å². The van der Waals surface area contributed by atoms with E-state index in [1.54, 1.807) is 18.2 Å². The molecular weight excluding hydrogens is 380 g/mol. The molecule has 0 fully saturated rings. The predicted octanol–water partition coefficient (Wildman–Crippen LogP) is 5.30. The third kappa shape index (κ3) is 5.72. The van der Waals surface area contributed by atoms with Crippen LogP contribution in [-0.4, -0.2) is 17.9 Å². The Morgan fingerprint density at radius 3 is 2.03 bits per heavy atom. The van der Waals surface area contributed by atoms with Gasteiger partial charge in [0, 0.05) is 10.9 Å². The molecule has 2 N–H and O–H groups in total. The summed E-state index contributed by atoms with van der Waals surface area (Å²) in [5, 5.41) is 5.40. The van der Waals surface area contributed by atoms with E-state index in [9.17, 15) is 9.59 Å². The second kappa shape index (κ2) is 9.94. The van der Waals surface area contributed by atoms with Crippen LogP contribution in [0.3, 0.4) is 0 Å². The fourth-order valence-electron chi connectivity index (χ4n) is 2.86. The fourth-order valence-corrected chi connectivity index (χ4v) is 3.91. The molecule has 0 spiro atoms. The maximum Gasteiger partial charge on any atom is 0.253 e. The zero-order valence-corrected chi connectivity index (χ0v) is 17.3. The lowest BCUT2D eigenvalue weighted by atomic mass is 10.1. The molecule has 4 nitrogen and oxygen atoms in total. The third-order valence-electron chi connectivity index (χ3n) is 4.19. The highest BCUT2D eigenvalue weighted by molar-refractivity contribution is 8.00. The van der Waals surface area contributed by atoms with Crippen molar-refractivity contribution in [3.63, 3.8) is 0 Å². The molecule has 148 valence electrons. The number of thioether (sulfide) groups is 1. The Bertz CT molecular complexity index is 959. The Morgan fingerprint density at radius 1 is 0.793 bits per heavy atom. The van der Waals surface area contributed by atoms with Gasteiger partial charge in [0.1, 0.15) is 5.25 Å². The van der Waals surface area contributed by atoms with Crippen LogP contribution in [0, 0.1) is 0 Å². The van der Waals surface area contributed by atoms with Gasteiger partial charge in [0.05, 0.1) is 11.3 Å². The zero-order chi connectivity index (χ0) is 20.6. The standard InChI is InChI=1S/C24H24N2O2S/c1-17(2)25-23(27)20-15-9-10-16-21(20)26-24(28)22(18-11-5-3-6-12-18)29-19-13-7-4-8-14-19/h3-17,22H,1-2H3,(H,25,27)(H,26,28)/t22-/m0/s1. The molecule has 29 heavy (non-hydrogen) atoms. The summed E-state index contributed by atoms with van der Waals surface area (Å²) >= 11 is 1.48. The van der Waals surface area contributed by atoms with Crippen molar-refractivity contribution in [1.29, 1.82) is 0 Å². The number of hydrogen-bond donors (Lipinski definition) is 2. The predicted molar refractivity (Wildman–Crippen MR) is 119 cm³/mol. The van der Waals surface area contributed by atoms with Gasteiger partial charge >= 0.3 is 0 Å². The molecule has 3 aromatic carbocycles. The number of anilines is 1. The second-order valence-electron chi connectivity index (χ2n) is 6.88. The number of nitrogens with one attached hydrogen (secondary N) is 2. The van der Waals surface area contributed by atoms with Crippen LogP contribution in [-0.2, 0) is 4.79 Å². The van der Waals surface area contributed by atoms with Gasteiger partial charge in [0.2, 0.25) is 5.91 Å². The zero-order valence-electron chi connectivity index (χ0n) is 16.5. The first-order valence-electron chi connectivity index (χ1n) is 9.52. The summed E-state index contributed by atoms with van der Waals surface area (Å²) in [7, 11) is 0. The van der Waals surface area contributed by atoms with Crippen LogP contribution >= 0.6 is 11.8 Å². The molecule has 3 rings (SSSR count). The average molecular weight is 405 g/mol. The monoisotopic (exact) mass is 404 g/mol. The van der Waals surface area contributed by atoms with Crippen LogP contribution in [0.25, 0.3) is 0 Å². The maximum atomic E-state index is 13.3. The van der Waals surface area contributed by atoms with Crippen molar-refractivity contribution in [3.05, 3.63) is 96.1 Å². The molecular formula is C24H24N2O2S. The van der Waals surface area contributed by atoms with Gasteiger partial charge < -0.3 is 10.6 Å². The lowest BCUT2D eigenvalue weighted by molar-refractivity contribution is -0.115. The van der Waals surface area contributed by atoms with Gasteiger partial charge in [-0.25, -0.2) is 0 Å². The topological polar surface area (TPSA) is 58.2 Å². The molecule has 0 radical (unpaired) electrons. The van der Waals surface area contributed by atoms with Crippen molar-refractivity contribution >= 4 is 29.3 Å². The quantitative estimate of drug-likeness (QED) is 0.526. The number of rotatable bonds is 7. The number of amides is 2. The van der Waals surface area contributed by atoms with Gasteiger partial charge in [-0.15, -0.1) is 11.8 Å². The summed E-state index contributed by atoms with van der Waals surface area (Å²) in [6, 6.07) is 26.6. The minimum Gasteiger partial charge on any atom is -0.350 e. The Labute approximate surface area is 175 Å². The number of carbonyl (C=O) groups is 2. The van der Waals surface area contributed by atoms with Gasteiger partial charge in [-0.1, -0.05) is 60.7 Å². The highest BCUT2D eigenvalue weighted by atomic mass is 32.2. The Morgan fingerprint density at radius 2 is 1.38 bits per heavy atom. The summed E-state index contributed by atoms with van der Waals surface area (Å²) in [5.41, 5.74) is 1.86. The molecule has 3 aromatic rings. The van der Waals surface area contributed by atoms with E-state index in [4.69, 9.17) is 0 Å². The van der Waals surface area contributed by atoms with Crippen LogP contribution in [0.15, 0.2) is 89.8 Å². The molecule has 0 aliphatic carbocycles. The van der Waals surface area contributed by atoms with Crippen LogP contribution in [0.4, 0.5) is 5.69 Å². The molecule has 0 saturated carbocycles. The van der Waals surface area contributed by atoms with Crippen LogP contribution in [0.2, 0.25) is 0 Å². The normalized spacial score (nSPS) is 11.7. The van der Waals surface area contributed by atoms with Crippen molar-refractivity contribution in [2.75, 3.05) is 5.32 Å². The fraction of sp³-hybridized carbons (Fsp3) is 0.167. The molecule has 0 unspecified atom stereocenters. The third-order valence-corrected chi connectivity index (χ3v) is 5.45. The second-order valence-corrected chi connectivity index (χ2v) is 8.06. The Balaban J connectivity index is 1.87. The molecule has 0 saturated heterocycles. The van der Waals surface area contributed by atoms with Crippen LogP contribution < -0.4 is 10.6 Å². The minimum atomic E-state index is -0.445. The van der Waals surface area contributed by atoms with E-state index < -0.39 is 5.25 Å². The van der Waals surface area contributed by atoms with E-state index in [1.807, 2.05) is 80.6 Å². The van der Waals surface area contributed by atoms with E-state index in [-0.39, 0.29) is 17.9 Å². The number of benzene rings is 3. The molecule has 0 aliphatic heterocycles. The lowest BCUT2D eigenvalue weighted by Crippen LogP contribution is -2.31. The molecule has 0 heterocycles. The molecule has 2 amide bonds.